The minimum Gasteiger partial charge on any atom is -0.386 e. The summed E-state index contributed by atoms with van der Waals surface area (Å²) in [4.78, 5) is 9.52. The molecule has 3 N–H and O–H groups in total. The molecule has 1 aromatic carbocycles. The van der Waals surface area contributed by atoms with Gasteiger partial charge in [-0.05, 0) is 49.4 Å². The van der Waals surface area contributed by atoms with Gasteiger partial charge in [0, 0.05) is 68.0 Å². The molecule has 7 nitrogen and oxygen atoms in total. The van der Waals surface area contributed by atoms with E-state index >= 15 is 0 Å². The SMILES string of the molecule is CC1=C(NCc2ccc3[nH]nc(-c4ccc(N5CC6(CN(C)C6)C5)nc4)c3c2)C(Cl)=CNC1. The normalized spacial score (nSPS) is 19.8. The van der Waals surface area contributed by atoms with Gasteiger partial charge in [-0.3, -0.25) is 5.10 Å². The Hall–Kier alpha value is -3.03. The summed E-state index contributed by atoms with van der Waals surface area (Å²) in [6.07, 6.45) is 3.79. The molecule has 0 saturated carbocycles. The molecule has 6 rings (SSSR count). The highest BCUT2D eigenvalue weighted by Gasteiger charge is 2.50. The van der Waals surface area contributed by atoms with E-state index in [0.29, 0.717) is 17.0 Å². The summed E-state index contributed by atoms with van der Waals surface area (Å²) in [6, 6.07) is 10.6. The van der Waals surface area contributed by atoms with E-state index in [0.717, 1.165) is 53.3 Å². The molecule has 3 aliphatic heterocycles. The lowest BCUT2D eigenvalue weighted by molar-refractivity contribution is -0.00279. The molecule has 33 heavy (non-hydrogen) atoms. The molecule has 3 aromatic rings. The van der Waals surface area contributed by atoms with Crippen LogP contribution in [0.2, 0.25) is 0 Å². The van der Waals surface area contributed by atoms with Gasteiger partial charge in [0.15, 0.2) is 0 Å². The van der Waals surface area contributed by atoms with Gasteiger partial charge in [-0.2, -0.15) is 5.10 Å². The van der Waals surface area contributed by atoms with Gasteiger partial charge in [-0.25, -0.2) is 4.98 Å². The first-order chi connectivity index (χ1) is 16.0. The summed E-state index contributed by atoms with van der Waals surface area (Å²) in [7, 11) is 2.19. The molecule has 5 heterocycles. The fourth-order valence-corrected chi connectivity index (χ4v) is 5.72. The van der Waals surface area contributed by atoms with Gasteiger partial charge < -0.3 is 20.4 Å². The number of halogens is 1. The van der Waals surface area contributed by atoms with Crippen LogP contribution in [0.25, 0.3) is 22.2 Å². The van der Waals surface area contributed by atoms with E-state index < -0.39 is 0 Å². The second-order valence-corrected chi connectivity index (χ2v) is 10.2. The van der Waals surface area contributed by atoms with Crippen LogP contribution in [-0.4, -0.2) is 59.9 Å². The molecular weight excluding hydrogens is 434 g/mol. The predicted molar refractivity (Wildman–Crippen MR) is 133 cm³/mol. The molecule has 0 unspecified atom stereocenters. The molecule has 0 atom stereocenters. The number of pyridine rings is 1. The van der Waals surface area contributed by atoms with Crippen molar-refractivity contribution in [3.8, 4) is 11.3 Å². The Morgan fingerprint density at radius 1 is 1.15 bits per heavy atom. The third kappa shape index (κ3) is 3.65. The second-order valence-electron chi connectivity index (χ2n) is 9.77. The average Bonchev–Trinajstić information content (AvgIpc) is 3.18. The summed E-state index contributed by atoms with van der Waals surface area (Å²) in [6.45, 7) is 8.21. The molecular formula is C25H28ClN7. The van der Waals surface area contributed by atoms with E-state index in [4.69, 9.17) is 16.6 Å². The Balaban J connectivity index is 1.19. The molecule has 0 aliphatic carbocycles. The minimum absolute atomic E-state index is 0.501. The highest BCUT2D eigenvalue weighted by atomic mass is 35.5. The average molecular weight is 462 g/mol. The highest BCUT2D eigenvalue weighted by molar-refractivity contribution is 6.32. The molecule has 2 aromatic heterocycles. The monoisotopic (exact) mass is 461 g/mol. The number of fused-ring (bicyclic) bond motifs is 1. The van der Waals surface area contributed by atoms with Crippen molar-refractivity contribution in [2.75, 3.05) is 44.7 Å². The Bertz CT molecular complexity index is 1260. The summed E-state index contributed by atoms with van der Waals surface area (Å²) >= 11 is 6.36. The van der Waals surface area contributed by atoms with Gasteiger partial charge in [0.25, 0.3) is 0 Å². The van der Waals surface area contributed by atoms with Crippen LogP contribution in [-0.2, 0) is 6.54 Å². The molecule has 0 radical (unpaired) electrons. The maximum atomic E-state index is 6.36. The molecule has 0 bridgehead atoms. The van der Waals surface area contributed by atoms with E-state index in [9.17, 15) is 0 Å². The van der Waals surface area contributed by atoms with Gasteiger partial charge in [0.05, 0.1) is 16.2 Å². The van der Waals surface area contributed by atoms with Crippen LogP contribution in [0.4, 0.5) is 5.82 Å². The highest BCUT2D eigenvalue weighted by Crippen LogP contribution is 2.40. The van der Waals surface area contributed by atoms with Crippen molar-refractivity contribution in [2.24, 2.45) is 5.41 Å². The first-order valence-electron chi connectivity index (χ1n) is 11.4. The van der Waals surface area contributed by atoms with Gasteiger partial charge in [0.2, 0.25) is 0 Å². The van der Waals surface area contributed by atoms with E-state index in [1.54, 1.807) is 0 Å². The van der Waals surface area contributed by atoms with E-state index in [-0.39, 0.29) is 0 Å². The smallest absolute Gasteiger partial charge is 0.128 e. The maximum Gasteiger partial charge on any atom is 0.128 e. The van der Waals surface area contributed by atoms with Crippen molar-refractivity contribution in [3.05, 3.63) is 64.6 Å². The van der Waals surface area contributed by atoms with E-state index in [1.165, 1.54) is 24.2 Å². The topological polar surface area (TPSA) is 72.1 Å². The summed E-state index contributed by atoms with van der Waals surface area (Å²) in [5, 5.41) is 16.2. The molecule has 0 amide bonds. The molecule has 3 aliphatic rings. The van der Waals surface area contributed by atoms with Gasteiger partial charge in [0.1, 0.15) is 11.5 Å². The van der Waals surface area contributed by atoms with Crippen molar-refractivity contribution in [1.82, 2.24) is 30.7 Å². The Morgan fingerprint density at radius 3 is 2.73 bits per heavy atom. The van der Waals surface area contributed by atoms with Crippen LogP contribution < -0.4 is 15.5 Å². The number of benzene rings is 1. The van der Waals surface area contributed by atoms with Crippen LogP contribution >= 0.6 is 11.6 Å². The van der Waals surface area contributed by atoms with Gasteiger partial charge in [-0.1, -0.05) is 17.7 Å². The van der Waals surface area contributed by atoms with Crippen molar-refractivity contribution in [2.45, 2.75) is 13.5 Å². The second kappa shape index (κ2) is 7.78. The molecule has 2 fully saturated rings. The first-order valence-corrected chi connectivity index (χ1v) is 11.8. The predicted octanol–water partition coefficient (Wildman–Crippen LogP) is 3.42. The maximum absolute atomic E-state index is 6.36. The van der Waals surface area contributed by atoms with E-state index in [2.05, 4.69) is 74.9 Å². The van der Waals surface area contributed by atoms with Crippen molar-refractivity contribution >= 4 is 28.3 Å². The number of rotatable bonds is 5. The number of hydrogen-bond donors (Lipinski definition) is 3. The molecule has 170 valence electrons. The lowest BCUT2D eigenvalue weighted by atomic mass is 9.73. The zero-order chi connectivity index (χ0) is 22.6. The number of aromatic amines is 1. The summed E-state index contributed by atoms with van der Waals surface area (Å²) in [5.41, 5.74) is 6.86. The zero-order valence-corrected chi connectivity index (χ0v) is 19.7. The number of hydrogen-bond acceptors (Lipinski definition) is 6. The van der Waals surface area contributed by atoms with Gasteiger partial charge >= 0.3 is 0 Å². The fraction of sp³-hybridized carbons (Fsp3) is 0.360. The van der Waals surface area contributed by atoms with E-state index in [1.807, 2.05) is 12.4 Å². The lowest BCUT2D eigenvalue weighted by Crippen LogP contribution is -2.71. The Kier molecular flexibility index (Phi) is 4.85. The summed E-state index contributed by atoms with van der Waals surface area (Å²) in [5.74, 6) is 1.05. The Labute approximate surface area is 198 Å². The number of nitrogens with one attached hydrogen (secondary N) is 3. The van der Waals surface area contributed by atoms with Crippen molar-refractivity contribution in [3.63, 3.8) is 0 Å². The van der Waals surface area contributed by atoms with Crippen LogP contribution in [0.15, 0.2) is 59.0 Å². The van der Waals surface area contributed by atoms with Crippen molar-refractivity contribution in [1.29, 1.82) is 0 Å². The summed E-state index contributed by atoms with van der Waals surface area (Å²) < 4.78 is 0. The van der Waals surface area contributed by atoms with Crippen LogP contribution in [0.5, 0.6) is 0 Å². The number of likely N-dealkylation sites (tertiary alicyclic amines) is 1. The first kappa shape index (κ1) is 20.6. The van der Waals surface area contributed by atoms with Crippen LogP contribution in [0.3, 0.4) is 0 Å². The standard InChI is InChI=1S/C25H28ClN7/c1-16-8-27-11-20(26)23(16)29-9-17-3-5-21-19(7-17)24(31-30-21)18-4-6-22(28-10-18)33-14-25(15-33)12-32(2)13-25/h3-7,10-11,27,29H,8-9,12-15H2,1-2H3,(H,30,31). The number of aromatic nitrogens is 3. The third-order valence-corrected chi connectivity index (χ3v) is 7.26. The number of allylic oxidation sites excluding steroid dienone is 1. The number of H-pyrrole nitrogens is 1. The lowest BCUT2D eigenvalue weighted by Gasteiger charge is -2.59. The third-order valence-electron chi connectivity index (χ3n) is 6.97. The van der Waals surface area contributed by atoms with Crippen molar-refractivity contribution < 1.29 is 0 Å². The number of nitrogens with zero attached hydrogens (tertiary/aromatic N) is 4. The molecule has 8 heteroatoms. The minimum atomic E-state index is 0.501. The van der Waals surface area contributed by atoms with Crippen LogP contribution in [0, 0.1) is 5.41 Å². The molecule has 2 saturated heterocycles. The number of anilines is 1. The number of dihydropyridines is 1. The zero-order valence-electron chi connectivity index (χ0n) is 19.0. The molecule has 1 spiro atoms. The Morgan fingerprint density at radius 2 is 2.00 bits per heavy atom. The van der Waals surface area contributed by atoms with Crippen LogP contribution in [0.1, 0.15) is 12.5 Å². The fourth-order valence-electron chi connectivity index (χ4n) is 5.41. The van der Waals surface area contributed by atoms with Gasteiger partial charge in [-0.15, -0.1) is 0 Å². The largest absolute Gasteiger partial charge is 0.386 e. The quantitative estimate of drug-likeness (QED) is 0.540.